The van der Waals surface area contributed by atoms with Gasteiger partial charge in [0.25, 0.3) is 11.5 Å². The lowest BCUT2D eigenvalue weighted by atomic mass is 10.1. The van der Waals surface area contributed by atoms with Crippen LogP contribution in [0.1, 0.15) is 34.1 Å². The maximum absolute atomic E-state index is 13.0. The summed E-state index contributed by atoms with van der Waals surface area (Å²) in [4.78, 5) is 33.5. The molecule has 0 spiro atoms. The van der Waals surface area contributed by atoms with E-state index in [0.29, 0.717) is 16.5 Å². The summed E-state index contributed by atoms with van der Waals surface area (Å²) in [6.07, 6.45) is 1.99. The van der Waals surface area contributed by atoms with Crippen molar-refractivity contribution < 1.29 is 4.79 Å². The Balaban J connectivity index is 1.73. The zero-order chi connectivity index (χ0) is 16.7. The Labute approximate surface area is 147 Å². The highest BCUT2D eigenvalue weighted by atomic mass is 32.1. The van der Waals surface area contributed by atoms with Crippen LogP contribution in [-0.4, -0.2) is 27.3 Å². The number of nitrogens with zero attached hydrogens (tertiary/aromatic N) is 1. The first-order chi connectivity index (χ1) is 11.6. The van der Waals surface area contributed by atoms with Gasteiger partial charge in [-0.05, 0) is 54.7 Å². The molecule has 1 amide bonds. The summed E-state index contributed by atoms with van der Waals surface area (Å²) in [5.74, 6) is -0.00704. The lowest BCUT2D eigenvalue weighted by Gasteiger charge is -2.24. The molecule has 1 aliphatic heterocycles. The minimum absolute atomic E-state index is 0.00704. The van der Waals surface area contributed by atoms with E-state index in [1.807, 2.05) is 16.3 Å². The Morgan fingerprint density at radius 3 is 2.96 bits per heavy atom. The van der Waals surface area contributed by atoms with Crippen LogP contribution in [-0.2, 0) is 0 Å². The quantitative estimate of drug-likeness (QED) is 0.688. The summed E-state index contributed by atoms with van der Waals surface area (Å²) in [5, 5.41) is 2.54. The molecule has 3 aromatic rings. The van der Waals surface area contributed by atoms with Crippen molar-refractivity contribution in [3.63, 3.8) is 0 Å². The smallest absolute Gasteiger partial charge is 0.259 e. The van der Waals surface area contributed by atoms with Crippen LogP contribution in [0.4, 0.5) is 0 Å². The van der Waals surface area contributed by atoms with Crippen molar-refractivity contribution in [3.8, 4) is 0 Å². The third kappa shape index (κ3) is 2.59. The second-order valence-corrected chi connectivity index (χ2v) is 7.23. The van der Waals surface area contributed by atoms with Gasteiger partial charge in [0.2, 0.25) is 0 Å². The third-order valence-corrected chi connectivity index (χ3v) is 5.55. The molecule has 1 saturated heterocycles. The number of likely N-dealkylation sites (tertiary alicyclic amines) is 1. The third-order valence-electron chi connectivity index (χ3n) is 4.37. The molecule has 122 valence electrons. The van der Waals surface area contributed by atoms with Crippen LogP contribution in [0, 0.1) is 4.77 Å². The van der Waals surface area contributed by atoms with Crippen molar-refractivity contribution in [1.29, 1.82) is 0 Å². The molecular weight excluding hydrogens is 342 g/mol. The van der Waals surface area contributed by atoms with Gasteiger partial charge < -0.3 is 9.88 Å². The fourth-order valence-electron chi connectivity index (χ4n) is 3.25. The molecule has 1 fully saturated rings. The molecule has 1 atom stereocenters. The molecule has 7 heteroatoms. The van der Waals surface area contributed by atoms with Crippen LogP contribution in [0.15, 0.2) is 40.5 Å². The van der Waals surface area contributed by atoms with Crippen LogP contribution in [0.5, 0.6) is 0 Å². The number of nitrogens with one attached hydrogen (secondary N) is 2. The van der Waals surface area contributed by atoms with E-state index in [1.165, 1.54) is 4.88 Å². The summed E-state index contributed by atoms with van der Waals surface area (Å²) < 4.78 is 0.259. The summed E-state index contributed by atoms with van der Waals surface area (Å²) in [7, 11) is 0. The minimum atomic E-state index is -0.245. The van der Waals surface area contributed by atoms with Crippen LogP contribution >= 0.6 is 23.6 Å². The summed E-state index contributed by atoms with van der Waals surface area (Å²) in [5.41, 5.74) is 0.911. The molecule has 2 N–H and O–H groups in total. The first kappa shape index (κ1) is 15.3. The number of thiophene rings is 1. The van der Waals surface area contributed by atoms with Gasteiger partial charge in [0.05, 0.1) is 16.9 Å². The maximum Gasteiger partial charge on any atom is 0.259 e. The van der Waals surface area contributed by atoms with E-state index in [1.54, 1.807) is 29.5 Å². The molecule has 0 saturated carbocycles. The Kier molecular flexibility index (Phi) is 3.82. The van der Waals surface area contributed by atoms with E-state index < -0.39 is 0 Å². The number of rotatable bonds is 2. The van der Waals surface area contributed by atoms with E-state index in [0.717, 1.165) is 19.4 Å². The number of aromatic amines is 2. The number of aromatic nitrogens is 2. The number of H-pyrrole nitrogens is 2. The second kappa shape index (κ2) is 5.99. The molecule has 0 unspecified atom stereocenters. The molecule has 0 radical (unpaired) electrons. The maximum atomic E-state index is 13.0. The standard InChI is InChI=1S/C17H15N3O2S2/c21-15-11-6-5-10(9-12(11)18-17(23)19-15)16(22)20-7-1-3-13(20)14-4-2-8-24-14/h2,4-6,8-9,13H,1,3,7H2,(H2,18,19,21,23)/t13-/m1/s1. The molecule has 3 heterocycles. The van der Waals surface area contributed by atoms with Crippen LogP contribution in [0.25, 0.3) is 10.9 Å². The van der Waals surface area contributed by atoms with Crippen LogP contribution in [0.3, 0.4) is 0 Å². The van der Waals surface area contributed by atoms with Gasteiger partial charge in [0.1, 0.15) is 0 Å². The highest BCUT2D eigenvalue weighted by molar-refractivity contribution is 7.71. The molecule has 1 aromatic carbocycles. The van der Waals surface area contributed by atoms with Gasteiger partial charge in [-0.25, -0.2) is 0 Å². The van der Waals surface area contributed by atoms with Crippen molar-refractivity contribution in [2.24, 2.45) is 0 Å². The van der Waals surface area contributed by atoms with Crippen molar-refractivity contribution >= 4 is 40.4 Å². The second-order valence-electron chi connectivity index (χ2n) is 5.84. The molecular formula is C17H15N3O2S2. The van der Waals surface area contributed by atoms with Gasteiger partial charge in [-0.1, -0.05) is 6.07 Å². The lowest BCUT2D eigenvalue weighted by Crippen LogP contribution is -2.30. The van der Waals surface area contributed by atoms with Gasteiger partial charge in [-0.3, -0.25) is 14.6 Å². The number of amides is 1. The zero-order valence-electron chi connectivity index (χ0n) is 12.7. The Morgan fingerprint density at radius 1 is 1.29 bits per heavy atom. The average molecular weight is 357 g/mol. The average Bonchev–Trinajstić information content (AvgIpc) is 3.24. The van der Waals surface area contributed by atoms with Gasteiger partial charge in [0.15, 0.2) is 4.77 Å². The number of fused-ring (bicyclic) bond motifs is 1. The first-order valence-corrected chi connectivity index (χ1v) is 9.03. The van der Waals surface area contributed by atoms with Gasteiger partial charge in [0, 0.05) is 17.0 Å². The molecule has 2 aromatic heterocycles. The monoisotopic (exact) mass is 357 g/mol. The molecule has 0 bridgehead atoms. The van der Waals surface area contributed by atoms with E-state index in [4.69, 9.17) is 12.2 Å². The number of hydrogen-bond acceptors (Lipinski definition) is 4. The Morgan fingerprint density at radius 2 is 2.17 bits per heavy atom. The van der Waals surface area contributed by atoms with Crippen LogP contribution < -0.4 is 5.56 Å². The van der Waals surface area contributed by atoms with Gasteiger partial charge >= 0.3 is 0 Å². The number of benzene rings is 1. The van der Waals surface area contributed by atoms with E-state index >= 15 is 0 Å². The highest BCUT2D eigenvalue weighted by Crippen LogP contribution is 2.35. The fraction of sp³-hybridized carbons (Fsp3) is 0.235. The normalized spacial score (nSPS) is 17.5. The molecule has 1 aliphatic rings. The summed E-state index contributed by atoms with van der Waals surface area (Å²) >= 11 is 6.69. The SMILES string of the molecule is O=C(c1ccc2c(=O)[nH]c(=S)[nH]c2c1)N1CCC[C@@H]1c1cccs1. The molecule has 4 rings (SSSR count). The van der Waals surface area contributed by atoms with Crippen LogP contribution in [0.2, 0.25) is 0 Å². The fourth-order valence-corrected chi connectivity index (χ4v) is 4.33. The number of hydrogen-bond donors (Lipinski definition) is 2. The van der Waals surface area contributed by atoms with Crippen molar-refractivity contribution in [3.05, 3.63) is 61.3 Å². The lowest BCUT2D eigenvalue weighted by molar-refractivity contribution is 0.0738. The molecule has 0 aliphatic carbocycles. The van der Waals surface area contributed by atoms with Crippen molar-refractivity contribution in [2.45, 2.75) is 18.9 Å². The van der Waals surface area contributed by atoms with Crippen molar-refractivity contribution in [2.75, 3.05) is 6.54 Å². The zero-order valence-corrected chi connectivity index (χ0v) is 14.4. The number of carbonyl (C=O) groups is 1. The first-order valence-electron chi connectivity index (χ1n) is 7.74. The minimum Gasteiger partial charge on any atom is -0.332 e. The topological polar surface area (TPSA) is 69.0 Å². The van der Waals surface area contributed by atoms with Gasteiger partial charge in [-0.15, -0.1) is 11.3 Å². The molecule has 24 heavy (non-hydrogen) atoms. The Bertz CT molecular complexity index is 1020. The number of carbonyl (C=O) groups excluding carboxylic acids is 1. The van der Waals surface area contributed by atoms with Crippen molar-refractivity contribution in [1.82, 2.24) is 14.9 Å². The Hall–Kier alpha value is -2.25. The summed E-state index contributed by atoms with van der Waals surface area (Å²) in [6, 6.07) is 9.34. The van der Waals surface area contributed by atoms with E-state index in [-0.39, 0.29) is 22.3 Å². The summed E-state index contributed by atoms with van der Waals surface area (Å²) in [6.45, 7) is 0.755. The van der Waals surface area contributed by atoms with Gasteiger partial charge in [-0.2, -0.15) is 0 Å². The predicted octanol–water partition coefficient (Wildman–Crippen LogP) is 3.62. The molecule has 5 nitrogen and oxygen atoms in total. The van der Waals surface area contributed by atoms with E-state index in [9.17, 15) is 9.59 Å². The largest absolute Gasteiger partial charge is 0.332 e. The van der Waals surface area contributed by atoms with E-state index in [2.05, 4.69) is 16.0 Å². The highest BCUT2D eigenvalue weighted by Gasteiger charge is 2.31. The predicted molar refractivity (Wildman–Crippen MR) is 97.1 cm³/mol.